The lowest BCUT2D eigenvalue weighted by molar-refractivity contribution is 0.0240. The third-order valence-electron chi connectivity index (χ3n) is 3.44. The molecule has 0 radical (unpaired) electrons. The van der Waals surface area contributed by atoms with Gasteiger partial charge in [-0.3, -0.25) is 0 Å². The Morgan fingerprint density at radius 1 is 1.17 bits per heavy atom. The zero-order valence-corrected chi connectivity index (χ0v) is 14.0. The number of nitrogens with zero attached hydrogens (tertiary/aromatic N) is 3. The fraction of sp³-hybridized carbons (Fsp3) is 0.562. The molecule has 7 heteroatoms. The lowest BCUT2D eigenvalue weighted by Crippen LogP contribution is -2.50. The number of hydrogen-bond acceptors (Lipinski definition) is 5. The molecule has 1 amide bonds. The molecule has 126 valence electrons. The number of ether oxygens (including phenoxy) is 1. The number of piperazine rings is 1. The van der Waals surface area contributed by atoms with E-state index in [0.29, 0.717) is 37.7 Å². The van der Waals surface area contributed by atoms with Crippen molar-refractivity contribution in [3.8, 4) is 0 Å². The van der Waals surface area contributed by atoms with Gasteiger partial charge in [0, 0.05) is 31.9 Å². The van der Waals surface area contributed by atoms with Crippen molar-refractivity contribution in [3.63, 3.8) is 0 Å². The molecule has 1 aliphatic rings. The number of carboxylic acid groups (broad SMARTS) is 1. The van der Waals surface area contributed by atoms with E-state index in [1.807, 2.05) is 25.7 Å². The number of hydrogen-bond donors (Lipinski definition) is 1. The van der Waals surface area contributed by atoms with Crippen LogP contribution >= 0.6 is 0 Å². The number of carbonyl (C=O) groups is 2. The van der Waals surface area contributed by atoms with Crippen LogP contribution in [-0.4, -0.2) is 58.8 Å². The molecule has 7 nitrogen and oxygen atoms in total. The highest BCUT2D eigenvalue weighted by molar-refractivity contribution is 5.88. The van der Waals surface area contributed by atoms with Crippen LogP contribution in [0.25, 0.3) is 0 Å². The van der Waals surface area contributed by atoms with E-state index in [4.69, 9.17) is 9.84 Å². The van der Waals surface area contributed by atoms with Gasteiger partial charge >= 0.3 is 12.1 Å². The van der Waals surface area contributed by atoms with Crippen LogP contribution in [0.4, 0.5) is 10.6 Å². The summed E-state index contributed by atoms with van der Waals surface area (Å²) in [5.41, 5.74) is 0.374. The minimum atomic E-state index is -0.968. The summed E-state index contributed by atoms with van der Waals surface area (Å²) in [5, 5.41) is 9.14. The van der Waals surface area contributed by atoms with Crippen LogP contribution in [-0.2, 0) is 4.74 Å². The molecule has 1 saturated heterocycles. The number of rotatable bonds is 2. The van der Waals surface area contributed by atoms with Crippen LogP contribution in [0.5, 0.6) is 0 Å². The number of pyridine rings is 1. The highest BCUT2D eigenvalue weighted by Crippen LogP contribution is 2.18. The Morgan fingerprint density at radius 2 is 1.78 bits per heavy atom. The quantitative estimate of drug-likeness (QED) is 0.898. The molecular formula is C16H23N3O4. The van der Waals surface area contributed by atoms with Crippen molar-refractivity contribution in [2.24, 2.45) is 0 Å². The van der Waals surface area contributed by atoms with E-state index in [1.165, 1.54) is 0 Å². The number of aromatic carboxylic acids is 1. The van der Waals surface area contributed by atoms with E-state index in [9.17, 15) is 9.59 Å². The molecule has 0 spiro atoms. The number of anilines is 1. The third-order valence-corrected chi connectivity index (χ3v) is 3.44. The normalized spacial score (nSPS) is 15.5. The largest absolute Gasteiger partial charge is 0.478 e. The molecule has 1 fully saturated rings. The smallest absolute Gasteiger partial charge is 0.410 e. The maximum Gasteiger partial charge on any atom is 0.410 e. The summed E-state index contributed by atoms with van der Waals surface area (Å²) in [6, 6.07) is 3.11. The van der Waals surface area contributed by atoms with E-state index in [2.05, 4.69) is 4.98 Å². The topological polar surface area (TPSA) is 83.0 Å². The van der Waals surface area contributed by atoms with Gasteiger partial charge in [0.25, 0.3) is 0 Å². The molecule has 0 saturated carbocycles. The van der Waals surface area contributed by atoms with Crippen LogP contribution in [0.3, 0.4) is 0 Å². The number of aryl methyl sites for hydroxylation is 1. The Balaban J connectivity index is 2.02. The Hall–Kier alpha value is -2.31. The summed E-state index contributed by atoms with van der Waals surface area (Å²) >= 11 is 0. The Labute approximate surface area is 135 Å². The monoisotopic (exact) mass is 321 g/mol. The van der Waals surface area contributed by atoms with E-state index in [-0.39, 0.29) is 11.7 Å². The number of carbonyl (C=O) groups excluding carboxylic acids is 1. The Kier molecular flexibility index (Phi) is 4.77. The highest BCUT2D eigenvalue weighted by Gasteiger charge is 2.26. The predicted molar refractivity (Wildman–Crippen MR) is 86.0 cm³/mol. The maximum absolute atomic E-state index is 12.0. The first-order valence-electron chi connectivity index (χ1n) is 7.60. The van der Waals surface area contributed by atoms with Gasteiger partial charge in [-0.2, -0.15) is 0 Å². The summed E-state index contributed by atoms with van der Waals surface area (Å²) in [5.74, 6) is -0.338. The first kappa shape index (κ1) is 17.1. The second kappa shape index (κ2) is 6.44. The summed E-state index contributed by atoms with van der Waals surface area (Å²) in [4.78, 5) is 31.2. The average Bonchev–Trinajstić information content (AvgIpc) is 2.45. The van der Waals surface area contributed by atoms with Crippen LogP contribution < -0.4 is 4.90 Å². The third kappa shape index (κ3) is 4.58. The van der Waals surface area contributed by atoms with Gasteiger partial charge in [-0.05, 0) is 39.8 Å². The zero-order valence-electron chi connectivity index (χ0n) is 14.0. The van der Waals surface area contributed by atoms with Gasteiger partial charge in [-0.15, -0.1) is 0 Å². The minimum absolute atomic E-state index is 0.224. The van der Waals surface area contributed by atoms with Gasteiger partial charge in [-0.25, -0.2) is 14.6 Å². The summed E-state index contributed by atoms with van der Waals surface area (Å²) in [6.45, 7) is 9.51. The molecule has 0 aliphatic carbocycles. The molecule has 0 unspecified atom stereocenters. The summed E-state index contributed by atoms with van der Waals surface area (Å²) in [7, 11) is 0. The standard InChI is InChI=1S/C16H23N3O4/c1-11-9-12(14(20)21)10-13(17-11)18-5-7-19(8-6-18)15(22)23-16(2,3)4/h9-10H,5-8H2,1-4H3,(H,20,21). The molecule has 0 atom stereocenters. The minimum Gasteiger partial charge on any atom is -0.478 e. The van der Waals surface area contributed by atoms with E-state index < -0.39 is 11.6 Å². The molecule has 1 aromatic heterocycles. The summed E-state index contributed by atoms with van der Waals surface area (Å²) < 4.78 is 5.36. The number of amides is 1. The molecule has 2 heterocycles. The summed E-state index contributed by atoms with van der Waals surface area (Å²) in [6.07, 6.45) is -0.319. The molecule has 0 aromatic carbocycles. The van der Waals surface area contributed by atoms with Crippen LogP contribution in [0.1, 0.15) is 36.8 Å². The molecule has 0 bridgehead atoms. The van der Waals surface area contributed by atoms with E-state index in [1.54, 1.807) is 24.0 Å². The highest BCUT2D eigenvalue weighted by atomic mass is 16.6. The second-order valence-corrected chi connectivity index (χ2v) is 6.61. The SMILES string of the molecule is Cc1cc(C(=O)O)cc(N2CCN(C(=O)OC(C)(C)C)CC2)n1. The van der Waals surface area contributed by atoms with Crippen LogP contribution in [0.2, 0.25) is 0 Å². The fourth-order valence-electron chi connectivity index (χ4n) is 2.38. The zero-order chi connectivity index (χ0) is 17.2. The van der Waals surface area contributed by atoms with Crippen LogP contribution in [0.15, 0.2) is 12.1 Å². The van der Waals surface area contributed by atoms with Gasteiger partial charge in [0.1, 0.15) is 11.4 Å². The lowest BCUT2D eigenvalue weighted by atomic mass is 10.2. The average molecular weight is 321 g/mol. The van der Waals surface area contributed by atoms with E-state index >= 15 is 0 Å². The van der Waals surface area contributed by atoms with Crippen molar-refractivity contribution in [2.75, 3.05) is 31.1 Å². The lowest BCUT2D eigenvalue weighted by Gasteiger charge is -2.36. The Morgan fingerprint density at radius 3 is 2.30 bits per heavy atom. The van der Waals surface area contributed by atoms with Crippen molar-refractivity contribution >= 4 is 17.9 Å². The maximum atomic E-state index is 12.0. The first-order chi connectivity index (χ1) is 10.7. The molecule has 23 heavy (non-hydrogen) atoms. The molecule has 1 N–H and O–H groups in total. The number of aromatic nitrogens is 1. The van der Waals surface area contributed by atoms with Gasteiger partial charge in [0.15, 0.2) is 0 Å². The van der Waals surface area contributed by atoms with Gasteiger partial charge < -0.3 is 19.6 Å². The molecule has 1 aromatic rings. The molecule has 2 rings (SSSR count). The molecule has 1 aliphatic heterocycles. The van der Waals surface area contributed by atoms with E-state index in [0.717, 1.165) is 0 Å². The predicted octanol–water partition coefficient (Wildman–Crippen LogP) is 2.15. The van der Waals surface area contributed by atoms with Gasteiger partial charge in [0.2, 0.25) is 0 Å². The van der Waals surface area contributed by atoms with Crippen molar-refractivity contribution in [1.82, 2.24) is 9.88 Å². The van der Waals surface area contributed by atoms with Crippen LogP contribution in [0, 0.1) is 6.92 Å². The first-order valence-corrected chi connectivity index (χ1v) is 7.60. The Bertz CT molecular complexity index is 602. The van der Waals surface area contributed by atoms with Crippen molar-refractivity contribution in [3.05, 3.63) is 23.4 Å². The van der Waals surface area contributed by atoms with Gasteiger partial charge in [0.05, 0.1) is 5.56 Å². The van der Waals surface area contributed by atoms with Gasteiger partial charge in [-0.1, -0.05) is 0 Å². The molecular weight excluding hydrogens is 298 g/mol. The van der Waals surface area contributed by atoms with Crippen molar-refractivity contribution < 1.29 is 19.4 Å². The van der Waals surface area contributed by atoms with Crippen molar-refractivity contribution in [2.45, 2.75) is 33.3 Å². The fourth-order valence-corrected chi connectivity index (χ4v) is 2.38. The second-order valence-electron chi connectivity index (χ2n) is 6.61. The van der Waals surface area contributed by atoms with Crippen molar-refractivity contribution in [1.29, 1.82) is 0 Å². The number of carboxylic acids is 1.